The zero-order chi connectivity index (χ0) is 26.6. The van der Waals surface area contributed by atoms with E-state index in [9.17, 15) is 15.0 Å². The molecule has 34 heavy (non-hydrogen) atoms. The van der Waals surface area contributed by atoms with E-state index in [1.807, 2.05) is 41.5 Å². The van der Waals surface area contributed by atoms with Crippen LogP contribution >= 0.6 is 11.6 Å². The predicted octanol–water partition coefficient (Wildman–Crippen LogP) is 8.69. The summed E-state index contributed by atoms with van der Waals surface area (Å²) in [5, 5.41) is 22.0. The Kier molecular flexibility index (Phi) is 7.39. The van der Waals surface area contributed by atoms with Crippen LogP contribution in [-0.2, 0) is 27.5 Å². The third kappa shape index (κ3) is 5.46. The third-order valence-electron chi connectivity index (χ3n) is 6.38. The summed E-state index contributed by atoms with van der Waals surface area (Å²) < 4.78 is 0. The summed E-state index contributed by atoms with van der Waals surface area (Å²) in [7, 11) is 0. The Balaban J connectivity index is 3.31. The second-order valence-electron chi connectivity index (χ2n) is 13.6. The molecule has 0 radical (unpaired) electrons. The molecule has 0 fully saturated rings. The molecule has 0 atom stereocenters. The van der Waals surface area contributed by atoms with E-state index in [0.29, 0.717) is 16.7 Å². The number of hydrogen-bond acceptors (Lipinski definition) is 2. The Bertz CT molecular complexity index is 1100. The number of phenolic OH excluding ortho intramolecular Hbond substituents is 1. The molecule has 0 aromatic heterocycles. The van der Waals surface area contributed by atoms with E-state index < -0.39 is 16.8 Å². The van der Waals surface area contributed by atoms with Crippen LogP contribution in [0.15, 0.2) is 18.2 Å². The second-order valence-corrected chi connectivity index (χ2v) is 13.8. The minimum absolute atomic E-state index is 0.0972. The molecule has 0 saturated heterocycles. The summed E-state index contributed by atoms with van der Waals surface area (Å²) in [5.41, 5.74) is 4.65. The van der Waals surface area contributed by atoms with Crippen molar-refractivity contribution < 1.29 is 15.0 Å². The molecule has 4 heteroatoms. The number of halogens is 1. The lowest BCUT2D eigenvalue weighted by Crippen LogP contribution is -2.23. The number of aromatic hydroxyl groups is 1. The maximum atomic E-state index is 12.7. The molecule has 0 aliphatic carbocycles. The lowest BCUT2D eigenvalue weighted by Gasteiger charge is -2.34. The van der Waals surface area contributed by atoms with Crippen molar-refractivity contribution in [3.8, 4) is 16.9 Å². The largest absolute Gasteiger partial charge is 0.507 e. The molecule has 0 amide bonds. The molecule has 188 valence electrons. The van der Waals surface area contributed by atoms with Crippen molar-refractivity contribution in [3.63, 3.8) is 0 Å². The van der Waals surface area contributed by atoms with Crippen LogP contribution < -0.4 is 0 Å². The number of carboxylic acids is 1. The van der Waals surface area contributed by atoms with Crippen LogP contribution in [0.2, 0.25) is 0 Å². The maximum absolute atomic E-state index is 12.7. The van der Waals surface area contributed by atoms with Gasteiger partial charge in [0, 0.05) is 22.6 Å². The molecular weight excluding hydrogens is 444 g/mol. The van der Waals surface area contributed by atoms with Gasteiger partial charge < -0.3 is 10.2 Å². The van der Waals surface area contributed by atoms with Crippen LogP contribution in [0.1, 0.15) is 121 Å². The summed E-state index contributed by atoms with van der Waals surface area (Å²) in [6.45, 7) is 24.9. The number of carboxylic acid groups (broad SMARTS) is 1. The van der Waals surface area contributed by atoms with Crippen molar-refractivity contribution in [2.24, 2.45) is 0 Å². The first-order valence-corrected chi connectivity index (χ1v) is 12.5. The average molecular weight is 487 g/mol. The van der Waals surface area contributed by atoms with Crippen LogP contribution in [0.25, 0.3) is 11.1 Å². The monoisotopic (exact) mass is 486 g/mol. The number of benzene rings is 2. The van der Waals surface area contributed by atoms with Gasteiger partial charge in [0.15, 0.2) is 0 Å². The fraction of sp³-hybridized carbons (Fsp3) is 0.567. The maximum Gasteiger partial charge on any atom is 0.336 e. The first kappa shape index (κ1) is 28.2. The number of rotatable bonds is 3. The molecule has 0 aliphatic heterocycles. The molecule has 0 aliphatic rings. The Morgan fingerprint density at radius 3 is 1.59 bits per heavy atom. The highest BCUT2D eigenvalue weighted by atomic mass is 35.5. The van der Waals surface area contributed by atoms with Crippen LogP contribution in [0.3, 0.4) is 0 Å². The molecule has 0 saturated carbocycles. The molecule has 0 unspecified atom stereocenters. The van der Waals surface area contributed by atoms with Crippen molar-refractivity contribution in [1.82, 2.24) is 0 Å². The standard InChI is InChI=1S/C30H43ClO3/c1-27(2,3)18-13-17(16-31)22(20(14-18)28(4,5)6)23-19(26(33)34)15-21(29(7,8)9)25(32)24(23)30(10,11)12/h13-15,32H,16H2,1-12H3,(H,33,34). The second kappa shape index (κ2) is 8.90. The normalized spacial score (nSPS) is 13.3. The summed E-state index contributed by atoms with van der Waals surface area (Å²) in [6.07, 6.45) is 0. The minimum Gasteiger partial charge on any atom is -0.507 e. The first-order valence-electron chi connectivity index (χ1n) is 12.0. The smallest absolute Gasteiger partial charge is 0.336 e. The molecule has 2 aromatic carbocycles. The SMILES string of the molecule is CC(C)(C)c1cc(CCl)c(-c2c(C(=O)O)cc(C(C)(C)C)c(O)c2C(C)(C)C)c(C(C)(C)C)c1. The number of aromatic carboxylic acids is 1. The summed E-state index contributed by atoms with van der Waals surface area (Å²) in [4.78, 5) is 12.7. The number of carbonyl (C=O) groups is 1. The van der Waals surface area contributed by atoms with Crippen LogP contribution in [0.4, 0.5) is 0 Å². The van der Waals surface area contributed by atoms with Gasteiger partial charge in [-0.15, -0.1) is 11.6 Å². The van der Waals surface area contributed by atoms with Crippen molar-refractivity contribution in [1.29, 1.82) is 0 Å². The Morgan fingerprint density at radius 1 is 0.735 bits per heavy atom. The third-order valence-corrected chi connectivity index (χ3v) is 6.66. The molecule has 2 aromatic rings. The van der Waals surface area contributed by atoms with Gasteiger partial charge in [0.25, 0.3) is 0 Å². The van der Waals surface area contributed by atoms with E-state index in [2.05, 4.69) is 53.7 Å². The predicted molar refractivity (Wildman–Crippen MR) is 145 cm³/mol. The van der Waals surface area contributed by atoms with E-state index in [0.717, 1.165) is 22.3 Å². The number of alkyl halides is 1. The number of phenols is 1. The van der Waals surface area contributed by atoms with Crippen molar-refractivity contribution in [2.75, 3.05) is 0 Å². The van der Waals surface area contributed by atoms with Gasteiger partial charge in [0.05, 0.1) is 5.56 Å². The fourth-order valence-electron chi connectivity index (χ4n) is 4.53. The molecule has 2 rings (SSSR count). The van der Waals surface area contributed by atoms with Gasteiger partial charge in [-0.1, -0.05) is 95.2 Å². The quantitative estimate of drug-likeness (QED) is 0.426. The van der Waals surface area contributed by atoms with Crippen molar-refractivity contribution >= 4 is 17.6 Å². The van der Waals surface area contributed by atoms with Gasteiger partial charge in [-0.05, 0) is 50.0 Å². The topological polar surface area (TPSA) is 57.5 Å². The lowest BCUT2D eigenvalue weighted by molar-refractivity contribution is 0.0697. The summed E-state index contributed by atoms with van der Waals surface area (Å²) in [6, 6.07) is 5.95. The van der Waals surface area contributed by atoms with Gasteiger partial charge in [0.1, 0.15) is 5.75 Å². The van der Waals surface area contributed by atoms with E-state index in [1.165, 1.54) is 0 Å². The molecule has 0 bridgehead atoms. The highest BCUT2D eigenvalue weighted by molar-refractivity contribution is 6.17. The number of hydrogen-bond donors (Lipinski definition) is 2. The summed E-state index contributed by atoms with van der Waals surface area (Å²) in [5.74, 6) is -0.598. The van der Waals surface area contributed by atoms with E-state index in [1.54, 1.807) is 6.07 Å². The molecule has 0 spiro atoms. The van der Waals surface area contributed by atoms with Crippen molar-refractivity contribution in [3.05, 3.63) is 51.6 Å². The molecule has 0 heterocycles. The van der Waals surface area contributed by atoms with Crippen LogP contribution in [0.5, 0.6) is 5.75 Å². The fourth-order valence-corrected chi connectivity index (χ4v) is 4.74. The van der Waals surface area contributed by atoms with E-state index in [4.69, 9.17) is 11.6 Å². The zero-order valence-corrected chi connectivity index (χ0v) is 23.9. The van der Waals surface area contributed by atoms with Crippen LogP contribution in [0, 0.1) is 0 Å². The zero-order valence-electron chi connectivity index (χ0n) is 23.1. The minimum atomic E-state index is -1.01. The van der Waals surface area contributed by atoms with Gasteiger partial charge in [-0.25, -0.2) is 4.79 Å². The van der Waals surface area contributed by atoms with Gasteiger partial charge in [-0.2, -0.15) is 0 Å². The first-order chi connectivity index (χ1) is 15.1. The average Bonchev–Trinajstić information content (AvgIpc) is 2.62. The summed E-state index contributed by atoms with van der Waals surface area (Å²) >= 11 is 6.56. The van der Waals surface area contributed by atoms with Gasteiger partial charge >= 0.3 is 5.97 Å². The highest BCUT2D eigenvalue weighted by Crippen LogP contribution is 2.50. The van der Waals surface area contributed by atoms with Gasteiger partial charge in [0.2, 0.25) is 0 Å². The van der Waals surface area contributed by atoms with Crippen LogP contribution in [-0.4, -0.2) is 16.2 Å². The Morgan fingerprint density at radius 2 is 1.24 bits per heavy atom. The van der Waals surface area contributed by atoms with E-state index >= 15 is 0 Å². The van der Waals surface area contributed by atoms with E-state index in [-0.39, 0.29) is 28.0 Å². The Labute approximate surface area is 211 Å². The lowest BCUT2D eigenvalue weighted by atomic mass is 9.70. The van der Waals surface area contributed by atoms with Crippen molar-refractivity contribution in [2.45, 2.75) is 111 Å². The van der Waals surface area contributed by atoms with Gasteiger partial charge in [-0.3, -0.25) is 0 Å². The molecule has 3 nitrogen and oxygen atoms in total. The molecular formula is C30H43ClO3. The molecule has 2 N–H and O–H groups in total. The Hall–Kier alpha value is -2.00. The highest BCUT2D eigenvalue weighted by Gasteiger charge is 2.36.